The van der Waals surface area contributed by atoms with Crippen molar-refractivity contribution in [1.82, 2.24) is 5.32 Å². The molecule has 3 atom stereocenters. The number of fused-ring (bicyclic) bond motifs is 2. The van der Waals surface area contributed by atoms with Crippen molar-refractivity contribution in [2.24, 2.45) is 11.8 Å². The number of allylic oxidation sites excluding steroid dienone is 1. The zero-order valence-corrected chi connectivity index (χ0v) is 9.41. The fourth-order valence-corrected chi connectivity index (χ4v) is 2.63. The third-order valence-corrected chi connectivity index (χ3v) is 3.57. The zero-order valence-electron chi connectivity index (χ0n) is 9.41. The Kier molecular flexibility index (Phi) is 3.78. The van der Waals surface area contributed by atoms with Gasteiger partial charge in [0.05, 0.1) is 19.3 Å². The molecular formula is C12H21NO2. The van der Waals surface area contributed by atoms with Crippen molar-refractivity contribution >= 4 is 0 Å². The molecule has 0 amide bonds. The molecule has 0 spiro atoms. The van der Waals surface area contributed by atoms with Crippen LogP contribution in [0.1, 0.15) is 19.8 Å². The van der Waals surface area contributed by atoms with E-state index in [1.165, 1.54) is 18.4 Å². The quantitative estimate of drug-likeness (QED) is 0.537. The smallest absolute Gasteiger partial charge is 0.0764 e. The van der Waals surface area contributed by atoms with Gasteiger partial charge in [0.25, 0.3) is 0 Å². The second-order valence-electron chi connectivity index (χ2n) is 4.69. The first-order valence-corrected chi connectivity index (χ1v) is 5.91. The van der Waals surface area contributed by atoms with Crippen LogP contribution in [0.5, 0.6) is 0 Å². The Morgan fingerprint density at radius 2 is 2.47 bits per heavy atom. The summed E-state index contributed by atoms with van der Waals surface area (Å²) in [7, 11) is 0. The Hall–Kier alpha value is -0.380. The lowest BCUT2D eigenvalue weighted by Gasteiger charge is -2.40. The number of hydrogen-bond acceptors (Lipinski definition) is 3. The molecule has 0 saturated carbocycles. The van der Waals surface area contributed by atoms with E-state index in [4.69, 9.17) is 9.84 Å². The van der Waals surface area contributed by atoms with Gasteiger partial charge in [-0.25, -0.2) is 0 Å². The highest BCUT2D eigenvalue weighted by atomic mass is 16.5. The molecule has 15 heavy (non-hydrogen) atoms. The molecule has 3 nitrogen and oxygen atoms in total. The van der Waals surface area contributed by atoms with E-state index >= 15 is 0 Å². The van der Waals surface area contributed by atoms with Crippen molar-refractivity contribution in [2.75, 3.05) is 26.3 Å². The fourth-order valence-electron chi connectivity index (χ4n) is 2.63. The van der Waals surface area contributed by atoms with E-state index < -0.39 is 0 Å². The number of aliphatic hydroxyl groups is 1. The number of nitrogens with one attached hydrogen (secondary N) is 1. The van der Waals surface area contributed by atoms with Crippen LogP contribution < -0.4 is 5.32 Å². The third kappa shape index (κ3) is 2.60. The summed E-state index contributed by atoms with van der Waals surface area (Å²) in [6.07, 6.45) is 5.16. The van der Waals surface area contributed by atoms with Crippen molar-refractivity contribution in [3.8, 4) is 0 Å². The van der Waals surface area contributed by atoms with E-state index in [1.807, 2.05) is 0 Å². The van der Waals surface area contributed by atoms with Gasteiger partial charge >= 0.3 is 0 Å². The molecule has 2 bridgehead atoms. The number of aliphatic hydroxyl groups excluding tert-OH is 1. The van der Waals surface area contributed by atoms with Gasteiger partial charge in [-0.15, -0.1) is 0 Å². The first kappa shape index (κ1) is 11.1. The molecule has 0 aromatic heterocycles. The van der Waals surface area contributed by atoms with Crippen molar-refractivity contribution in [3.05, 3.63) is 11.6 Å². The maximum absolute atomic E-state index is 8.71. The van der Waals surface area contributed by atoms with E-state index in [1.54, 1.807) is 0 Å². The number of ether oxygens (including phenoxy) is 1. The largest absolute Gasteiger partial charge is 0.395 e. The molecule has 86 valence electrons. The average molecular weight is 211 g/mol. The van der Waals surface area contributed by atoms with Crippen LogP contribution in [0, 0.1) is 11.8 Å². The van der Waals surface area contributed by atoms with Crippen LogP contribution in [0.4, 0.5) is 0 Å². The summed E-state index contributed by atoms with van der Waals surface area (Å²) in [5.41, 5.74) is 1.49. The zero-order chi connectivity index (χ0) is 10.7. The Balaban J connectivity index is 1.89. The van der Waals surface area contributed by atoms with Gasteiger partial charge in [-0.2, -0.15) is 0 Å². The highest BCUT2D eigenvalue weighted by molar-refractivity contribution is 5.12. The van der Waals surface area contributed by atoms with Crippen molar-refractivity contribution in [1.29, 1.82) is 0 Å². The predicted octanol–water partition coefficient (Wildman–Crippen LogP) is 0.940. The van der Waals surface area contributed by atoms with Crippen molar-refractivity contribution < 1.29 is 9.84 Å². The minimum atomic E-state index is 0.203. The normalized spacial score (nSPS) is 35.1. The minimum absolute atomic E-state index is 0.203. The van der Waals surface area contributed by atoms with E-state index in [2.05, 4.69) is 18.3 Å². The van der Waals surface area contributed by atoms with Crippen LogP contribution >= 0.6 is 0 Å². The van der Waals surface area contributed by atoms with Crippen LogP contribution in [0.25, 0.3) is 0 Å². The molecule has 1 aliphatic heterocycles. The molecule has 0 radical (unpaired) electrons. The molecule has 2 rings (SSSR count). The lowest BCUT2D eigenvalue weighted by Crippen LogP contribution is -2.43. The summed E-state index contributed by atoms with van der Waals surface area (Å²) in [5, 5.41) is 11.9. The standard InChI is InChI=1S/C12H21NO2/c1-9-2-3-10-6-11(9)12(15-8-10)7-13-4-5-14/h2,10-14H,3-8H2,1H3/t10-,11-,12?/m1/s1. The first-order valence-electron chi connectivity index (χ1n) is 5.91. The van der Waals surface area contributed by atoms with Gasteiger partial charge in [-0.1, -0.05) is 11.6 Å². The van der Waals surface area contributed by atoms with E-state index in [0.29, 0.717) is 18.6 Å². The maximum atomic E-state index is 8.71. The second kappa shape index (κ2) is 5.10. The van der Waals surface area contributed by atoms with Gasteiger partial charge in [0.15, 0.2) is 0 Å². The van der Waals surface area contributed by atoms with Gasteiger partial charge < -0.3 is 15.2 Å². The fraction of sp³-hybridized carbons (Fsp3) is 0.833. The summed E-state index contributed by atoms with van der Waals surface area (Å²) < 4.78 is 5.88. The summed E-state index contributed by atoms with van der Waals surface area (Å²) in [6.45, 7) is 4.86. The molecule has 1 unspecified atom stereocenters. The number of hydrogen-bond donors (Lipinski definition) is 2. The SMILES string of the molecule is CC1=CC[C@H]2COC(CNCCO)[C@@H]1C2. The first-order chi connectivity index (χ1) is 7.31. The van der Waals surface area contributed by atoms with Gasteiger partial charge in [0, 0.05) is 19.0 Å². The molecule has 0 aromatic carbocycles. The van der Waals surface area contributed by atoms with E-state index in [0.717, 1.165) is 19.1 Å². The molecule has 1 saturated heterocycles. The summed E-state index contributed by atoms with van der Waals surface area (Å²) in [6, 6.07) is 0. The summed E-state index contributed by atoms with van der Waals surface area (Å²) >= 11 is 0. The van der Waals surface area contributed by atoms with Crippen LogP contribution in [0.2, 0.25) is 0 Å². The highest BCUT2D eigenvalue weighted by Gasteiger charge is 2.34. The second-order valence-corrected chi connectivity index (χ2v) is 4.69. The lowest BCUT2D eigenvalue weighted by atomic mass is 9.77. The van der Waals surface area contributed by atoms with Gasteiger partial charge in [0.2, 0.25) is 0 Å². The van der Waals surface area contributed by atoms with Crippen LogP contribution in [-0.2, 0) is 4.74 Å². The minimum Gasteiger partial charge on any atom is -0.395 e. The lowest BCUT2D eigenvalue weighted by molar-refractivity contribution is -0.0477. The highest BCUT2D eigenvalue weighted by Crippen LogP contribution is 2.36. The monoisotopic (exact) mass is 211 g/mol. The molecule has 2 N–H and O–H groups in total. The Labute approximate surface area is 91.5 Å². The number of rotatable bonds is 4. The molecule has 1 aliphatic carbocycles. The van der Waals surface area contributed by atoms with Crippen LogP contribution in [-0.4, -0.2) is 37.5 Å². The van der Waals surface area contributed by atoms with Gasteiger partial charge in [0.1, 0.15) is 0 Å². The Bertz CT molecular complexity index is 240. The van der Waals surface area contributed by atoms with Gasteiger partial charge in [-0.3, -0.25) is 0 Å². The maximum Gasteiger partial charge on any atom is 0.0764 e. The molecule has 1 heterocycles. The molecule has 2 aliphatic rings. The Morgan fingerprint density at radius 1 is 1.60 bits per heavy atom. The molecule has 0 aromatic rings. The molecular weight excluding hydrogens is 190 g/mol. The topological polar surface area (TPSA) is 41.5 Å². The Morgan fingerprint density at radius 3 is 3.27 bits per heavy atom. The summed E-state index contributed by atoms with van der Waals surface area (Å²) in [4.78, 5) is 0. The third-order valence-electron chi connectivity index (χ3n) is 3.57. The van der Waals surface area contributed by atoms with E-state index in [-0.39, 0.29) is 6.61 Å². The average Bonchev–Trinajstić information content (AvgIpc) is 2.26. The van der Waals surface area contributed by atoms with Gasteiger partial charge in [-0.05, 0) is 25.7 Å². The van der Waals surface area contributed by atoms with Crippen molar-refractivity contribution in [3.63, 3.8) is 0 Å². The van der Waals surface area contributed by atoms with Crippen LogP contribution in [0.15, 0.2) is 11.6 Å². The molecule has 1 fully saturated rings. The molecule has 3 heteroatoms. The van der Waals surface area contributed by atoms with E-state index in [9.17, 15) is 0 Å². The predicted molar refractivity (Wildman–Crippen MR) is 59.7 cm³/mol. The summed E-state index contributed by atoms with van der Waals surface area (Å²) in [5.74, 6) is 1.34. The van der Waals surface area contributed by atoms with Crippen molar-refractivity contribution in [2.45, 2.75) is 25.9 Å². The van der Waals surface area contributed by atoms with Crippen LogP contribution in [0.3, 0.4) is 0 Å².